The molecule has 172 valence electrons. The van der Waals surface area contributed by atoms with Crippen molar-refractivity contribution in [2.24, 2.45) is 0 Å². The van der Waals surface area contributed by atoms with Gasteiger partial charge in [0.2, 0.25) is 0 Å². The van der Waals surface area contributed by atoms with Crippen molar-refractivity contribution in [3.05, 3.63) is 112 Å². The highest BCUT2D eigenvalue weighted by molar-refractivity contribution is 6.35. The maximum Gasteiger partial charge on any atom is 0.255 e. The minimum Gasteiger partial charge on any atom is -0.338 e. The lowest BCUT2D eigenvalue weighted by Crippen LogP contribution is -2.11. The molecule has 5 rings (SSSR count). The molecule has 1 heterocycles. The molecule has 0 atom stereocenters. The molecule has 0 aliphatic heterocycles. The number of amides is 2. The number of carbonyl (C=O) groups excluding carboxylic acids is 2. The molecule has 1 aromatic heterocycles. The van der Waals surface area contributed by atoms with Crippen molar-refractivity contribution in [2.45, 2.75) is 0 Å². The van der Waals surface area contributed by atoms with E-state index >= 15 is 0 Å². The zero-order valence-electron chi connectivity index (χ0n) is 18.2. The molecule has 35 heavy (non-hydrogen) atoms. The maximum atomic E-state index is 12.5. The fourth-order valence-electron chi connectivity index (χ4n) is 3.62. The van der Waals surface area contributed by atoms with Crippen molar-refractivity contribution in [3.8, 4) is 11.4 Å². The van der Waals surface area contributed by atoms with Gasteiger partial charge in [-0.2, -0.15) is 0 Å². The second-order valence-corrected chi connectivity index (χ2v) is 8.70. The molecule has 8 heteroatoms. The van der Waals surface area contributed by atoms with E-state index in [0.29, 0.717) is 38.4 Å². The van der Waals surface area contributed by atoms with Crippen LogP contribution >= 0.6 is 23.2 Å². The van der Waals surface area contributed by atoms with Crippen LogP contribution in [-0.4, -0.2) is 21.8 Å². The fraction of sp³-hybridized carbons (Fsp3) is 0. The van der Waals surface area contributed by atoms with Gasteiger partial charge in [-0.15, -0.1) is 0 Å². The first-order valence-corrected chi connectivity index (χ1v) is 11.4. The number of H-pyrrole nitrogens is 1. The normalized spacial score (nSPS) is 10.8. The van der Waals surface area contributed by atoms with E-state index in [1.807, 2.05) is 48.5 Å². The Morgan fingerprint density at radius 3 is 2.03 bits per heavy atom. The summed E-state index contributed by atoms with van der Waals surface area (Å²) in [5.74, 6) is 0.185. The second kappa shape index (κ2) is 9.62. The van der Waals surface area contributed by atoms with Gasteiger partial charge in [0.25, 0.3) is 11.8 Å². The number of aromatic amines is 1. The molecule has 0 saturated heterocycles. The first-order chi connectivity index (χ1) is 16.9. The predicted octanol–water partition coefficient (Wildman–Crippen LogP) is 7.04. The van der Waals surface area contributed by atoms with E-state index in [-0.39, 0.29) is 11.8 Å². The molecule has 6 nitrogen and oxygen atoms in total. The van der Waals surface area contributed by atoms with Gasteiger partial charge in [0.1, 0.15) is 5.82 Å². The second-order valence-electron chi connectivity index (χ2n) is 7.83. The summed E-state index contributed by atoms with van der Waals surface area (Å²) in [6.07, 6.45) is 0. The Hall–Kier alpha value is -4.13. The summed E-state index contributed by atoms with van der Waals surface area (Å²) in [5.41, 5.74) is 4.66. The number of benzene rings is 4. The fourth-order valence-corrected chi connectivity index (χ4v) is 4.14. The van der Waals surface area contributed by atoms with Crippen LogP contribution in [0.2, 0.25) is 10.0 Å². The third kappa shape index (κ3) is 5.19. The lowest BCUT2D eigenvalue weighted by molar-refractivity contribution is 0.101. The average molecular weight is 501 g/mol. The summed E-state index contributed by atoms with van der Waals surface area (Å²) in [5, 5.41) is 6.52. The Bertz CT molecular complexity index is 1530. The Morgan fingerprint density at radius 1 is 0.686 bits per heavy atom. The van der Waals surface area contributed by atoms with Gasteiger partial charge in [-0.1, -0.05) is 41.4 Å². The molecular weight excluding hydrogens is 483 g/mol. The highest BCUT2D eigenvalue weighted by Gasteiger charge is 2.11. The van der Waals surface area contributed by atoms with Crippen LogP contribution < -0.4 is 10.6 Å². The number of hydrogen-bond acceptors (Lipinski definition) is 3. The van der Waals surface area contributed by atoms with E-state index in [9.17, 15) is 9.59 Å². The summed E-state index contributed by atoms with van der Waals surface area (Å²) < 4.78 is 0. The van der Waals surface area contributed by atoms with Gasteiger partial charge >= 0.3 is 0 Å². The smallest absolute Gasteiger partial charge is 0.255 e. The highest BCUT2D eigenvalue weighted by Crippen LogP contribution is 2.25. The molecular formula is C27H18Cl2N4O2. The van der Waals surface area contributed by atoms with E-state index in [1.54, 1.807) is 42.5 Å². The van der Waals surface area contributed by atoms with Crippen molar-refractivity contribution in [3.63, 3.8) is 0 Å². The van der Waals surface area contributed by atoms with Crippen LogP contribution in [0.4, 0.5) is 11.4 Å². The molecule has 0 aliphatic rings. The molecule has 2 amide bonds. The highest BCUT2D eigenvalue weighted by atomic mass is 35.5. The van der Waals surface area contributed by atoms with Gasteiger partial charge in [-0.3, -0.25) is 9.59 Å². The lowest BCUT2D eigenvalue weighted by atomic mass is 10.1. The lowest BCUT2D eigenvalue weighted by Gasteiger charge is -2.07. The number of fused-ring (bicyclic) bond motifs is 1. The first kappa shape index (κ1) is 22.7. The van der Waals surface area contributed by atoms with Crippen LogP contribution in [0, 0.1) is 0 Å². The number of anilines is 2. The van der Waals surface area contributed by atoms with Crippen molar-refractivity contribution in [1.29, 1.82) is 0 Å². The summed E-state index contributed by atoms with van der Waals surface area (Å²) in [6.45, 7) is 0. The van der Waals surface area contributed by atoms with Crippen LogP contribution in [0.5, 0.6) is 0 Å². The molecule has 0 saturated carbocycles. The van der Waals surface area contributed by atoms with Crippen molar-refractivity contribution < 1.29 is 9.59 Å². The molecule has 0 unspecified atom stereocenters. The van der Waals surface area contributed by atoms with Crippen LogP contribution in [-0.2, 0) is 0 Å². The summed E-state index contributed by atoms with van der Waals surface area (Å²) in [4.78, 5) is 32.9. The van der Waals surface area contributed by atoms with Crippen LogP contribution in [0.3, 0.4) is 0 Å². The first-order valence-electron chi connectivity index (χ1n) is 10.7. The van der Waals surface area contributed by atoms with Crippen LogP contribution in [0.15, 0.2) is 91.0 Å². The predicted molar refractivity (Wildman–Crippen MR) is 140 cm³/mol. The molecule has 0 radical (unpaired) electrons. The van der Waals surface area contributed by atoms with Crippen molar-refractivity contribution in [1.82, 2.24) is 9.97 Å². The number of aromatic nitrogens is 2. The molecule has 0 spiro atoms. The van der Waals surface area contributed by atoms with Crippen LogP contribution in [0.1, 0.15) is 20.7 Å². The molecule has 0 bridgehead atoms. The summed E-state index contributed by atoms with van der Waals surface area (Å²) in [6, 6.07) is 26.5. The summed E-state index contributed by atoms with van der Waals surface area (Å²) in [7, 11) is 0. The Morgan fingerprint density at radius 2 is 1.31 bits per heavy atom. The summed E-state index contributed by atoms with van der Waals surface area (Å²) >= 11 is 12.0. The number of hydrogen-bond donors (Lipinski definition) is 3. The largest absolute Gasteiger partial charge is 0.338 e. The molecule has 4 aromatic carbocycles. The van der Waals surface area contributed by atoms with Gasteiger partial charge in [0.05, 0.1) is 11.0 Å². The quantitative estimate of drug-likeness (QED) is 0.241. The van der Waals surface area contributed by atoms with E-state index in [1.165, 1.54) is 0 Å². The minimum atomic E-state index is -0.309. The Labute approximate surface area is 210 Å². The number of carbonyl (C=O) groups is 2. The van der Waals surface area contributed by atoms with E-state index < -0.39 is 0 Å². The van der Waals surface area contributed by atoms with Crippen molar-refractivity contribution >= 4 is 57.4 Å². The van der Waals surface area contributed by atoms with Gasteiger partial charge in [-0.25, -0.2) is 4.98 Å². The molecule has 5 aromatic rings. The van der Waals surface area contributed by atoms with Gasteiger partial charge in [0, 0.05) is 38.1 Å². The van der Waals surface area contributed by atoms with Crippen molar-refractivity contribution in [2.75, 3.05) is 10.6 Å². The van der Waals surface area contributed by atoms with E-state index in [0.717, 1.165) is 16.6 Å². The molecule has 0 aliphatic carbocycles. The van der Waals surface area contributed by atoms with Gasteiger partial charge in [-0.05, 0) is 72.8 Å². The third-order valence-corrected chi connectivity index (χ3v) is 5.75. The zero-order chi connectivity index (χ0) is 24.4. The molecule has 0 fully saturated rings. The van der Waals surface area contributed by atoms with E-state index in [4.69, 9.17) is 23.2 Å². The molecule has 3 N–H and O–H groups in total. The van der Waals surface area contributed by atoms with Crippen LogP contribution in [0.25, 0.3) is 22.4 Å². The standard InChI is InChI=1S/C27H18Cl2N4O2/c28-19-12-18(13-20(29)14-19)27(35)30-21-8-6-16(7-9-21)25-32-23-11-10-22(15-24(23)33-25)31-26(34)17-4-2-1-3-5-17/h1-15H,(H,30,35)(H,31,34)(H,32,33). The zero-order valence-corrected chi connectivity index (χ0v) is 19.7. The number of nitrogens with zero attached hydrogens (tertiary/aromatic N) is 1. The monoisotopic (exact) mass is 500 g/mol. The maximum absolute atomic E-state index is 12.5. The third-order valence-electron chi connectivity index (χ3n) is 5.32. The number of halogens is 2. The number of imidazole rings is 1. The number of nitrogens with one attached hydrogen (secondary N) is 3. The Kier molecular flexibility index (Phi) is 6.23. The number of rotatable bonds is 5. The SMILES string of the molecule is O=C(Nc1ccc2nc(-c3ccc(NC(=O)c4cc(Cl)cc(Cl)c4)cc3)[nH]c2c1)c1ccccc1. The topological polar surface area (TPSA) is 86.9 Å². The van der Waals surface area contributed by atoms with Gasteiger partial charge < -0.3 is 15.6 Å². The van der Waals surface area contributed by atoms with E-state index in [2.05, 4.69) is 20.6 Å². The van der Waals surface area contributed by atoms with Gasteiger partial charge in [0.15, 0.2) is 0 Å². The minimum absolute atomic E-state index is 0.178. The Balaban J connectivity index is 1.31. The average Bonchev–Trinajstić information content (AvgIpc) is 3.28.